The van der Waals surface area contributed by atoms with Gasteiger partial charge in [-0.2, -0.15) is 0 Å². The van der Waals surface area contributed by atoms with E-state index in [1.165, 1.54) is 114 Å². The summed E-state index contributed by atoms with van der Waals surface area (Å²) in [5.74, 6) is 0. The van der Waals surface area contributed by atoms with E-state index in [4.69, 9.17) is 4.98 Å². The van der Waals surface area contributed by atoms with E-state index in [1.807, 2.05) is 11.3 Å². The highest BCUT2D eigenvalue weighted by atomic mass is 32.1. The highest BCUT2D eigenvalue weighted by molar-refractivity contribution is 7.26. The van der Waals surface area contributed by atoms with Crippen molar-refractivity contribution in [1.82, 2.24) is 9.55 Å². The number of fused-ring (bicyclic) bond motifs is 20. The monoisotopic (exact) mass is 842 g/mol. The molecular weight excluding hydrogens is 805 g/mol. The van der Waals surface area contributed by atoms with Crippen molar-refractivity contribution in [2.45, 2.75) is 17.9 Å². The van der Waals surface area contributed by atoms with Crippen LogP contribution >= 0.6 is 11.3 Å². The van der Waals surface area contributed by atoms with Crippen LogP contribution in [0.15, 0.2) is 212 Å². The Morgan fingerprint density at radius 3 is 1.77 bits per heavy atom. The van der Waals surface area contributed by atoms with Crippen molar-refractivity contribution in [3.05, 3.63) is 246 Å². The van der Waals surface area contributed by atoms with Gasteiger partial charge in [0.25, 0.3) is 0 Å². The van der Waals surface area contributed by atoms with Gasteiger partial charge in [-0.15, -0.1) is 11.3 Å². The molecule has 2 nitrogen and oxygen atoms in total. The topological polar surface area (TPSA) is 17.8 Å². The van der Waals surface area contributed by atoms with Gasteiger partial charge in [-0.05, 0) is 103 Å². The molecule has 1 unspecified atom stereocenters. The summed E-state index contributed by atoms with van der Waals surface area (Å²) >= 11 is 1.91. The molecule has 15 rings (SSSR count). The minimum absolute atomic E-state index is 0.0201. The Kier molecular flexibility index (Phi) is 7.18. The summed E-state index contributed by atoms with van der Waals surface area (Å²) < 4.78 is 5.27. The summed E-state index contributed by atoms with van der Waals surface area (Å²) in [6, 6.07) is 74.7. The summed E-state index contributed by atoms with van der Waals surface area (Å²) in [4.78, 5) is 5.83. The van der Waals surface area contributed by atoms with Crippen molar-refractivity contribution in [2.24, 2.45) is 0 Å². The van der Waals surface area contributed by atoms with Gasteiger partial charge in [0.15, 0.2) is 0 Å². The van der Waals surface area contributed by atoms with Crippen LogP contribution in [0.25, 0.3) is 97.1 Å². The molecule has 0 fully saturated rings. The Labute approximate surface area is 379 Å². The lowest BCUT2D eigenvalue weighted by Crippen LogP contribution is -2.25. The van der Waals surface area contributed by atoms with E-state index < -0.39 is 5.41 Å². The van der Waals surface area contributed by atoms with Crippen LogP contribution < -0.4 is 0 Å². The SMILES string of the molecule is C1=C(c2cccc3c2sc2ccccc23)CC(n2c3ccccc3c3ccccc32)C=C1c1nc2ccccc2c2ccc3c(c12)-c1ccccc1C31c2ccccc2-c2ccccc21. The Morgan fingerprint density at radius 2 is 1.03 bits per heavy atom. The summed E-state index contributed by atoms with van der Waals surface area (Å²) in [7, 11) is 0. The number of aromatic nitrogens is 2. The molecule has 0 amide bonds. The van der Waals surface area contributed by atoms with Crippen molar-refractivity contribution < 1.29 is 0 Å². The fraction of sp³-hybridized carbons (Fsp3) is 0.0484. The molecular formula is C62H38N2S. The van der Waals surface area contributed by atoms with Crippen LogP contribution in [0.2, 0.25) is 0 Å². The molecule has 3 aliphatic carbocycles. The number of hydrogen-bond acceptors (Lipinski definition) is 2. The van der Waals surface area contributed by atoms with Gasteiger partial charge in [-0.25, -0.2) is 4.98 Å². The smallest absolute Gasteiger partial charge is 0.0792 e. The van der Waals surface area contributed by atoms with E-state index in [0.717, 1.165) is 23.2 Å². The zero-order chi connectivity index (χ0) is 42.4. The first-order valence-electron chi connectivity index (χ1n) is 22.7. The molecule has 3 aromatic heterocycles. The molecule has 9 aromatic carbocycles. The maximum absolute atomic E-state index is 5.83. The molecule has 0 aliphatic heterocycles. The molecule has 1 spiro atoms. The van der Waals surface area contributed by atoms with Gasteiger partial charge in [0.2, 0.25) is 0 Å². The fourth-order valence-corrected chi connectivity index (χ4v) is 13.7. The molecule has 0 bridgehead atoms. The van der Waals surface area contributed by atoms with Gasteiger partial charge >= 0.3 is 0 Å². The Morgan fingerprint density at radius 1 is 0.462 bits per heavy atom. The second-order valence-corrected chi connectivity index (χ2v) is 19.1. The largest absolute Gasteiger partial charge is 0.333 e. The Balaban J connectivity index is 1.08. The van der Waals surface area contributed by atoms with Crippen LogP contribution in [0.4, 0.5) is 0 Å². The minimum Gasteiger partial charge on any atom is -0.333 e. The number of rotatable bonds is 3. The molecule has 0 saturated heterocycles. The van der Waals surface area contributed by atoms with Crippen LogP contribution in [-0.4, -0.2) is 9.55 Å². The van der Waals surface area contributed by atoms with Crippen molar-refractivity contribution in [3.63, 3.8) is 0 Å². The third-order valence-electron chi connectivity index (χ3n) is 14.9. The van der Waals surface area contributed by atoms with Crippen molar-refractivity contribution >= 4 is 86.1 Å². The number of allylic oxidation sites excluding steroid dienone is 4. The van der Waals surface area contributed by atoms with Gasteiger partial charge in [0, 0.05) is 52.8 Å². The second-order valence-electron chi connectivity index (χ2n) is 18.0. The van der Waals surface area contributed by atoms with Crippen molar-refractivity contribution in [1.29, 1.82) is 0 Å². The zero-order valence-corrected chi connectivity index (χ0v) is 36.1. The summed E-state index contributed by atoms with van der Waals surface area (Å²) in [6.07, 6.45) is 5.89. The molecule has 12 aromatic rings. The maximum Gasteiger partial charge on any atom is 0.0792 e. The van der Waals surface area contributed by atoms with Crippen LogP contribution in [0.3, 0.4) is 0 Å². The maximum atomic E-state index is 5.83. The second kappa shape index (κ2) is 13.1. The van der Waals surface area contributed by atoms with Crippen LogP contribution in [0.5, 0.6) is 0 Å². The quantitative estimate of drug-likeness (QED) is 0.162. The molecule has 0 saturated carbocycles. The molecule has 0 N–H and O–H groups in total. The molecule has 3 aliphatic rings. The third-order valence-corrected chi connectivity index (χ3v) is 16.1. The standard InChI is InChI=1S/C62H38N2S/c1-8-25-50-41(16-1)42-17-2-9-26-51(42)62(50)52-27-10-3-22-49(52)58-53(62)33-32-47-43-18-4-11-28-54(43)63-60(59(47)58)38-34-37(40-23-15-24-48-46-21-7-14-31-57(46)65-61(40)48)35-39(36-38)64-55-29-12-5-19-44(55)45-20-6-13-30-56(45)64/h1-34,36,39H,35H2. The van der Waals surface area contributed by atoms with E-state index in [2.05, 4.69) is 217 Å². The highest BCUT2D eigenvalue weighted by Crippen LogP contribution is 2.64. The molecule has 65 heavy (non-hydrogen) atoms. The highest BCUT2D eigenvalue weighted by Gasteiger charge is 2.52. The molecule has 3 heterocycles. The van der Waals surface area contributed by atoms with Crippen LogP contribution in [0, 0.1) is 0 Å². The van der Waals surface area contributed by atoms with Gasteiger partial charge in [-0.1, -0.05) is 182 Å². The van der Waals surface area contributed by atoms with Gasteiger partial charge in [0.05, 0.1) is 22.7 Å². The number of para-hydroxylation sites is 3. The number of benzene rings is 9. The van der Waals surface area contributed by atoms with E-state index in [0.29, 0.717) is 0 Å². The fourth-order valence-electron chi connectivity index (χ4n) is 12.4. The van der Waals surface area contributed by atoms with Crippen molar-refractivity contribution in [3.8, 4) is 22.3 Å². The first kappa shape index (κ1) is 35.6. The number of pyridine rings is 1. The van der Waals surface area contributed by atoms with E-state index >= 15 is 0 Å². The third kappa shape index (κ3) is 4.65. The summed E-state index contributed by atoms with van der Waals surface area (Å²) in [5.41, 5.74) is 18.5. The average Bonchev–Trinajstić information content (AvgIpc) is 4.10. The van der Waals surface area contributed by atoms with Gasteiger partial charge in [0.1, 0.15) is 0 Å². The molecule has 3 heteroatoms. The number of nitrogens with zero attached hydrogens (tertiary/aromatic N) is 2. The summed E-state index contributed by atoms with van der Waals surface area (Å²) in [6.45, 7) is 0. The number of hydrogen-bond donors (Lipinski definition) is 0. The van der Waals surface area contributed by atoms with Gasteiger partial charge < -0.3 is 4.57 Å². The zero-order valence-electron chi connectivity index (χ0n) is 35.3. The predicted molar refractivity (Wildman–Crippen MR) is 274 cm³/mol. The predicted octanol–water partition coefficient (Wildman–Crippen LogP) is 16.3. The van der Waals surface area contributed by atoms with Crippen LogP contribution in [-0.2, 0) is 5.41 Å². The van der Waals surface area contributed by atoms with Crippen LogP contribution in [0.1, 0.15) is 46.0 Å². The minimum atomic E-state index is -0.458. The first-order valence-corrected chi connectivity index (χ1v) is 23.5. The first-order chi connectivity index (χ1) is 32.3. The van der Waals surface area contributed by atoms with E-state index in [-0.39, 0.29) is 6.04 Å². The Hall–Kier alpha value is -7.85. The van der Waals surface area contributed by atoms with Gasteiger partial charge in [-0.3, -0.25) is 0 Å². The van der Waals surface area contributed by atoms with E-state index in [9.17, 15) is 0 Å². The molecule has 0 radical (unpaired) electrons. The lowest BCUT2D eigenvalue weighted by atomic mass is 9.70. The number of thiophene rings is 1. The summed E-state index contributed by atoms with van der Waals surface area (Å²) in [5, 5.41) is 8.84. The molecule has 302 valence electrons. The lowest BCUT2D eigenvalue weighted by molar-refractivity contribution is 0.658. The normalized spacial score (nSPS) is 15.8. The van der Waals surface area contributed by atoms with Crippen molar-refractivity contribution in [2.75, 3.05) is 0 Å². The lowest BCUT2D eigenvalue weighted by Gasteiger charge is -2.30. The molecule has 1 atom stereocenters. The average molecular weight is 843 g/mol. The van der Waals surface area contributed by atoms with E-state index in [1.54, 1.807) is 0 Å². The Bertz CT molecular complexity index is 4020.